The Morgan fingerprint density at radius 2 is 1.90 bits per heavy atom. The molecule has 0 bridgehead atoms. The highest BCUT2D eigenvalue weighted by molar-refractivity contribution is 5.86. The number of hydrogen-bond donors (Lipinski definition) is 2. The summed E-state index contributed by atoms with van der Waals surface area (Å²) in [5.41, 5.74) is 6.85. The average molecular weight is 293 g/mol. The van der Waals surface area contributed by atoms with Crippen LogP contribution >= 0.6 is 12.4 Å². The van der Waals surface area contributed by atoms with Crippen LogP contribution in [0.4, 0.5) is 0 Å². The van der Waals surface area contributed by atoms with E-state index in [0.717, 1.165) is 6.42 Å². The molecular weight excluding hydrogens is 272 g/mol. The number of nitrogens with two attached hydrogens (primary N) is 1. The zero-order valence-electron chi connectivity index (χ0n) is 11.6. The van der Waals surface area contributed by atoms with Crippen molar-refractivity contribution in [2.75, 3.05) is 6.54 Å². The predicted octanol–water partition coefficient (Wildman–Crippen LogP) is 2.66. The van der Waals surface area contributed by atoms with Crippen LogP contribution in [0.2, 0.25) is 0 Å². The summed E-state index contributed by atoms with van der Waals surface area (Å²) in [6.45, 7) is 2.49. The number of halogens is 1. The number of fused-ring (bicyclic) bond motifs is 1. The fourth-order valence-electron chi connectivity index (χ4n) is 2.21. The molecule has 2 aromatic rings. The molecule has 3 N–H and O–H groups in total. The van der Waals surface area contributed by atoms with Gasteiger partial charge in [-0.2, -0.15) is 0 Å². The molecule has 0 radical (unpaired) electrons. The minimum atomic E-state index is -0.0856. The van der Waals surface area contributed by atoms with Crippen molar-refractivity contribution < 1.29 is 4.79 Å². The lowest BCUT2D eigenvalue weighted by atomic mass is 10.0. The van der Waals surface area contributed by atoms with E-state index < -0.39 is 0 Å². The first kappa shape index (κ1) is 16.5. The van der Waals surface area contributed by atoms with Crippen molar-refractivity contribution in [2.24, 2.45) is 5.73 Å². The zero-order chi connectivity index (χ0) is 13.7. The number of nitrogens with one attached hydrogen (secondary N) is 1. The highest BCUT2D eigenvalue weighted by Gasteiger charge is 2.05. The molecule has 0 aliphatic rings. The van der Waals surface area contributed by atoms with Gasteiger partial charge in [-0.3, -0.25) is 4.79 Å². The maximum absolute atomic E-state index is 11.5. The van der Waals surface area contributed by atoms with Crippen LogP contribution < -0.4 is 11.1 Å². The quantitative estimate of drug-likeness (QED) is 0.890. The minimum Gasteiger partial charge on any atom is -0.356 e. The second-order valence-electron chi connectivity index (χ2n) is 4.92. The molecule has 1 atom stereocenters. The van der Waals surface area contributed by atoms with Gasteiger partial charge in [0.25, 0.3) is 0 Å². The first-order chi connectivity index (χ1) is 9.16. The Labute approximate surface area is 126 Å². The highest BCUT2D eigenvalue weighted by atomic mass is 35.5. The van der Waals surface area contributed by atoms with E-state index in [4.69, 9.17) is 5.73 Å². The lowest BCUT2D eigenvalue weighted by molar-refractivity contribution is -0.121. The zero-order valence-corrected chi connectivity index (χ0v) is 12.5. The van der Waals surface area contributed by atoms with E-state index in [-0.39, 0.29) is 24.4 Å². The molecule has 3 nitrogen and oxygen atoms in total. The summed E-state index contributed by atoms with van der Waals surface area (Å²) in [5, 5.41) is 5.40. The third-order valence-corrected chi connectivity index (χ3v) is 3.10. The van der Waals surface area contributed by atoms with Crippen molar-refractivity contribution in [1.82, 2.24) is 5.32 Å². The van der Waals surface area contributed by atoms with Crippen LogP contribution in [0.15, 0.2) is 42.5 Å². The van der Waals surface area contributed by atoms with Crippen LogP contribution in [0.5, 0.6) is 0 Å². The number of carbonyl (C=O) groups excluding carboxylic acids is 1. The molecular formula is C16H21ClN2O. The number of rotatable bonds is 5. The maximum atomic E-state index is 11.5. The topological polar surface area (TPSA) is 55.1 Å². The van der Waals surface area contributed by atoms with Gasteiger partial charge in [0.05, 0.1) is 0 Å². The molecule has 20 heavy (non-hydrogen) atoms. The van der Waals surface area contributed by atoms with Crippen molar-refractivity contribution in [3.05, 3.63) is 48.0 Å². The molecule has 1 unspecified atom stereocenters. The van der Waals surface area contributed by atoms with Gasteiger partial charge in [0, 0.05) is 19.0 Å². The molecule has 0 fully saturated rings. The third-order valence-electron chi connectivity index (χ3n) is 3.10. The normalized spacial score (nSPS) is 11.7. The Balaban J connectivity index is 0.00000200. The van der Waals surface area contributed by atoms with Crippen LogP contribution in [0.25, 0.3) is 10.8 Å². The van der Waals surface area contributed by atoms with Crippen molar-refractivity contribution >= 4 is 29.1 Å². The van der Waals surface area contributed by atoms with Gasteiger partial charge in [0.15, 0.2) is 0 Å². The first-order valence-corrected chi connectivity index (χ1v) is 6.66. The maximum Gasteiger partial charge on any atom is 0.221 e. The largest absolute Gasteiger partial charge is 0.356 e. The third kappa shape index (κ3) is 4.51. The average Bonchev–Trinajstić information content (AvgIpc) is 2.38. The smallest absolute Gasteiger partial charge is 0.221 e. The summed E-state index contributed by atoms with van der Waals surface area (Å²) < 4.78 is 0. The van der Waals surface area contributed by atoms with E-state index in [9.17, 15) is 4.79 Å². The number of benzene rings is 2. The molecule has 0 aliphatic heterocycles. The molecule has 2 rings (SSSR count). The summed E-state index contributed by atoms with van der Waals surface area (Å²) in [6.07, 6.45) is 1.22. The van der Waals surface area contributed by atoms with Crippen LogP contribution in [-0.4, -0.2) is 18.5 Å². The molecule has 1 amide bonds. The molecule has 4 heteroatoms. The Morgan fingerprint density at radius 3 is 2.65 bits per heavy atom. The van der Waals surface area contributed by atoms with Crippen LogP contribution in [0, 0.1) is 0 Å². The van der Waals surface area contributed by atoms with Gasteiger partial charge in [-0.25, -0.2) is 0 Å². The van der Waals surface area contributed by atoms with Gasteiger partial charge in [-0.05, 0) is 29.7 Å². The Bertz CT molecular complexity index is 564. The molecule has 0 saturated carbocycles. The molecule has 108 valence electrons. The van der Waals surface area contributed by atoms with Crippen LogP contribution in [0.3, 0.4) is 0 Å². The van der Waals surface area contributed by atoms with E-state index in [1.165, 1.54) is 16.3 Å². The Kier molecular flexibility index (Phi) is 6.49. The standard InChI is InChI=1S/C16H20N2O.ClH/c1-12(17)11-16(19)18-10-9-14-7-4-6-13-5-2-3-8-15(13)14;/h2-8,12H,9-11,17H2,1H3,(H,18,19);1H. The van der Waals surface area contributed by atoms with Gasteiger partial charge < -0.3 is 11.1 Å². The molecule has 0 aromatic heterocycles. The Morgan fingerprint density at radius 1 is 1.20 bits per heavy atom. The molecule has 0 heterocycles. The summed E-state index contributed by atoms with van der Waals surface area (Å²) in [6, 6.07) is 14.5. The van der Waals surface area contributed by atoms with E-state index in [1.54, 1.807) is 0 Å². The number of hydrogen-bond acceptors (Lipinski definition) is 2. The second-order valence-corrected chi connectivity index (χ2v) is 4.92. The van der Waals surface area contributed by atoms with Crippen molar-refractivity contribution in [2.45, 2.75) is 25.8 Å². The summed E-state index contributed by atoms with van der Waals surface area (Å²) in [5.74, 6) is 0.0234. The van der Waals surface area contributed by atoms with Gasteiger partial charge >= 0.3 is 0 Å². The Hall–Kier alpha value is -1.58. The summed E-state index contributed by atoms with van der Waals surface area (Å²) >= 11 is 0. The number of amides is 1. The van der Waals surface area contributed by atoms with E-state index in [0.29, 0.717) is 13.0 Å². The lowest BCUT2D eigenvalue weighted by Gasteiger charge is -2.09. The molecule has 2 aromatic carbocycles. The molecule has 0 spiro atoms. The van der Waals surface area contributed by atoms with Crippen molar-refractivity contribution in [1.29, 1.82) is 0 Å². The van der Waals surface area contributed by atoms with Crippen molar-refractivity contribution in [3.63, 3.8) is 0 Å². The van der Waals surface area contributed by atoms with E-state index >= 15 is 0 Å². The van der Waals surface area contributed by atoms with Crippen LogP contribution in [-0.2, 0) is 11.2 Å². The van der Waals surface area contributed by atoms with Gasteiger partial charge in [0.2, 0.25) is 5.91 Å². The fourth-order valence-corrected chi connectivity index (χ4v) is 2.21. The first-order valence-electron chi connectivity index (χ1n) is 6.66. The highest BCUT2D eigenvalue weighted by Crippen LogP contribution is 2.18. The second kappa shape index (κ2) is 7.88. The van der Waals surface area contributed by atoms with Crippen molar-refractivity contribution in [3.8, 4) is 0 Å². The molecule has 0 saturated heterocycles. The van der Waals surface area contributed by atoms with E-state index in [1.807, 2.05) is 19.1 Å². The van der Waals surface area contributed by atoms with E-state index in [2.05, 4.69) is 35.6 Å². The fraction of sp³-hybridized carbons (Fsp3) is 0.312. The lowest BCUT2D eigenvalue weighted by Crippen LogP contribution is -2.31. The monoisotopic (exact) mass is 292 g/mol. The SMILES string of the molecule is CC(N)CC(=O)NCCc1cccc2ccccc12.Cl. The van der Waals surface area contributed by atoms with Gasteiger partial charge in [-0.1, -0.05) is 42.5 Å². The van der Waals surface area contributed by atoms with Gasteiger partial charge in [-0.15, -0.1) is 12.4 Å². The predicted molar refractivity (Wildman–Crippen MR) is 86.2 cm³/mol. The molecule has 0 aliphatic carbocycles. The number of carbonyl (C=O) groups is 1. The van der Waals surface area contributed by atoms with Crippen LogP contribution in [0.1, 0.15) is 18.9 Å². The van der Waals surface area contributed by atoms with Gasteiger partial charge in [0.1, 0.15) is 0 Å². The summed E-state index contributed by atoms with van der Waals surface area (Å²) in [7, 11) is 0. The summed E-state index contributed by atoms with van der Waals surface area (Å²) in [4.78, 5) is 11.5. The minimum absolute atomic E-state index is 0.